The lowest BCUT2D eigenvalue weighted by atomic mass is 9.85. The van der Waals surface area contributed by atoms with Gasteiger partial charge in [-0.2, -0.15) is 0 Å². The van der Waals surface area contributed by atoms with Crippen LogP contribution < -0.4 is 15.1 Å². The Morgan fingerprint density at radius 3 is 2.25 bits per heavy atom. The summed E-state index contributed by atoms with van der Waals surface area (Å²) in [5.74, 6) is 0.671. The molecule has 0 bridgehead atoms. The maximum Gasteiger partial charge on any atom is 0.127 e. The summed E-state index contributed by atoms with van der Waals surface area (Å²) in [4.78, 5) is 3.58. The van der Waals surface area contributed by atoms with E-state index in [1.807, 2.05) is 4.90 Å². The number of hydrogen-bond acceptors (Lipinski definition) is 0. The Morgan fingerprint density at radius 2 is 1.50 bits per heavy atom. The van der Waals surface area contributed by atoms with Crippen molar-refractivity contribution in [2.45, 2.75) is 44.2 Å². The molecule has 2 aromatic rings. The fraction of sp³-hybridized carbons (Fsp3) is 0.520. The Balaban J connectivity index is 1.36. The number of likely N-dealkylation sites (tertiary alicyclic amines) is 2. The normalized spacial score (nSPS) is 26.2. The van der Waals surface area contributed by atoms with Crippen LogP contribution in [0, 0.1) is 0 Å². The van der Waals surface area contributed by atoms with Crippen molar-refractivity contribution in [1.82, 2.24) is 0 Å². The number of quaternary nitrogens is 3. The Kier molecular flexibility index (Phi) is 7.15. The van der Waals surface area contributed by atoms with Gasteiger partial charge in [0.15, 0.2) is 0 Å². The zero-order chi connectivity index (χ0) is 19.0. The molecule has 150 valence electrons. The molecule has 2 aliphatic heterocycles. The van der Waals surface area contributed by atoms with Gasteiger partial charge in [-0.05, 0) is 24.8 Å². The number of nitrogens with one attached hydrogen (secondary N) is 2. The van der Waals surface area contributed by atoms with Crippen LogP contribution >= 0.6 is 0 Å². The van der Waals surface area contributed by atoms with E-state index in [4.69, 9.17) is 0 Å². The lowest BCUT2D eigenvalue weighted by Gasteiger charge is -2.35. The predicted octanol–water partition coefficient (Wildman–Crippen LogP) is 0.260. The second-order valence-electron chi connectivity index (χ2n) is 8.92. The molecule has 0 radical (unpaired) electrons. The van der Waals surface area contributed by atoms with Crippen molar-refractivity contribution >= 4 is 0 Å². The molecule has 2 heterocycles. The number of piperidine rings is 2. The Labute approximate surface area is 170 Å². The van der Waals surface area contributed by atoms with Crippen molar-refractivity contribution in [3.63, 3.8) is 0 Å². The van der Waals surface area contributed by atoms with Crippen LogP contribution in [0.15, 0.2) is 60.7 Å². The van der Waals surface area contributed by atoms with Crippen LogP contribution in [0.2, 0.25) is 0 Å². The third kappa shape index (κ3) is 5.44. The molecular weight excluding hydrogens is 342 g/mol. The average molecular weight is 381 g/mol. The Morgan fingerprint density at radius 1 is 0.786 bits per heavy atom. The van der Waals surface area contributed by atoms with Gasteiger partial charge in [-0.15, -0.1) is 0 Å². The number of benzene rings is 2. The fourth-order valence-corrected chi connectivity index (χ4v) is 5.33. The first kappa shape index (κ1) is 19.6. The van der Waals surface area contributed by atoms with Gasteiger partial charge in [0.1, 0.15) is 25.7 Å². The Hall–Kier alpha value is -1.68. The van der Waals surface area contributed by atoms with E-state index in [-0.39, 0.29) is 0 Å². The fourth-order valence-electron chi connectivity index (χ4n) is 5.33. The topological polar surface area (TPSA) is 25.5 Å². The first-order valence-electron chi connectivity index (χ1n) is 11.5. The summed E-state index contributed by atoms with van der Waals surface area (Å²) in [7, 11) is 0. The molecular formula is C25H38N3+3. The van der Waals surface area contributed by atoms with Crippen LogP contribution in [0.4, 0.5) is 0 Å². The number of nitrogens with two attached hydrogens (primary N) is 1. The molecule has 3 heteroatoms. The van der Waals surface area contributed by atoms with Crippen LogP contribution in [0.1, 0.15) is 42.7 Å². The molecule has 0 saturated carbocycles. The summed E-state index contributed by atoms with van der Waals surface area (Å²) in [6.07, 6.45) is 5.65. The first-order valence-corrected chi connectivity index (χ1v) is 11.5. The molecule has 4 N–H and O–H groups in total. The van der Waals surface area contributed by atoms with Gasteiger partial charge in [-0.3, -0.25) is 0 Å². The van der Waals surface area contributed by atoms with E-state index in [9.17, 15) is 0 Å². The molecule has 3 atom stereocenters. The second-order valence-corrected chi connectivity index (χ2v) is 8.92. The lowest BCUT2D eigenvalue weighted by molar-refractivity contribution is -0.934. The minimum Gasteiger partial charge on any atom is -0.338 e. The van der Waals surface area contributed by atoms with E-state index in [1.54, 1.807) is 10.5 Å². The van der Waals surface area contributed by atoms with Gasteiger partial charge in [0.2, 0.25) is 0 Å². The summed E-state index contributed by atoms with van der Waals surface area (Å²) in [5, 5.41) is 2.69. The summed E-state index contributed by atoms with van der Waals surface area (Å²) in [6.45, 7) is 9.16. The van der Waals surface area contributed by atoms with Gasteiger partial charge in [-0.25, -0.2) is 0 Å². The molecule has 4 rings (SSSR count). The van der Waals surface area contributed by atoms with E-state index in [0.717, 1.165) is 12.6 Å². The van der Waals surface area contributed by atoms with E-state index in [2.05, 4.69) is 66.0 Å². The summed E-state index contributed by atoms with van der Waals surface area (Å²) in [6, 6.07) is 23.1. The zero-order valence-corrected chi connectivity index (χ0v) is 17.3. The molecule has 0 spiro atoms. The molecule has 28 heavy (non-hydrogen) atoms. The largest absolute Gasteiger partial charge is 0.338 e. The van der Waals surface area contributed by atoms with Gasteiger partial charge in [0, 0.05) is 12.0 Å². The van der Waals surface area contributed by atoms with Crippen LogP contribution in [0.3, 0.4) is 0 Å². The predicted molar refractivity (Wildman–Crippen MR) is 115 cm³/mol. The maximum atomic E-state index is 2.69. The monoisotopic (exact) mass is 380 g/mol. The first-order chi connectivity index (χ1) is 13.9. The highest BCUT2D eigenvalue weighted by Crippen LogP contribution is 2.20. The smallest absolute Gasteiger partial charge is 0.127 e. The van der Waals surface area contributed by atoms with Crippen molar-refractivity contribution in [1.29, 1.82) is 0 Å². The van der Waals surface area contributed by atoms with E-state index in [0.29, 0.717) is 5.92 Å². The number of rotatable bonds is 7. The van der Waals surface area contributed by atoms with Crippen LogP contribution in [-0.4, -0.2) is 45.3 Å². The third-order valence-corrected chi connectivity index (χ3v) is 6.91. The SMILES string of the molecule is c1ccc(C[NH+]2CC[C@H]([NH2+]CC[NH+]3CCCCC3)[C@H](c3ccccc3)C2)cc1. The third-order valence-electron chi connectivity index (χ3n) is 6.91. The highest BCUT2D eigenvalue weighted by atomic mass is 15.2. The van der Waals surface area contributed by atoms with Gasteiger partial charge in [0.05, 0.1) is 32.1 Å². The molecule has 2 fully saturated rings. The van der Waals surface area contributed by atoms with Crippen LogP contribution in [-0.2, 0) is 6.54 Å². The van der Waals surface area contributed by atoms with Crippen molar-refractivity contribution in [2.24, 2.45) is 0 Å². The molecule has 2 saturated heterocycles. The molecule has 0 amide bonds. The minimum absolute atomic E-state index is 0.671. The van der Waals surface area contributed by atoms with Crippen LogP contribution in [0.25, 0.3) is 0 Å². The molecule has 2 aromatic carbocycles. The molecule has 1 unspecified atom stereocenters. The second kappa shape index (κ2) is 10.2. The van der Waals surface area contributed by atoms with Crippen molar-refractivity contribution < 1.29 is 15.1 Å². The Bertz CT molecular complexity index is 681. The highest BCUT2D eigenvalue weighted by molar-refractivity contribution is 5.21. The zero-order valence-electron chi connectivity index (χ0n) is 17.3. The van der Waals surface area contributed by atoms with Gasteiger partial charge < -0.3 is 15.1 Å². The van der Waals surface area contributed by atoms with Crippen molar-refractivity contribution in [3.05, 3.63) is 71.8 Å². The number of hydrogen-bond donors (Lipinski definition) is 3. The van der Waals surface area contributed by atoms with Gasteiger partial charge in [-0.1, -0.05) is 60.7 Å². The lowest BCUT2D eigenvalue weighted by Crippen LogP contribution is -3.17. The van der Waals surface area contributed by atoms with E-state index in [1.165, 1.54) is 70.5 Å². The van der Waals surface area contributed by atoms with Gasteiger partial charge in [0.25, 0.3) is 0 Å². The minimum atomic E-state index is 0.671. The van der Waals surface area contributed by atoms with Crippen molar-refractivity contribution in [2.75, 3.05) is 39.3 Å². The molecule has 2 aliphatic rings. The highest BCUT2D eigenvalue weighted by Gasteiger charge is 2.35. The maximum absolute atomic E-state index is 2.69. The quantitative estimate of drug-likeness (QED) is 0.614. The molecule has 3 nitrogen and oxygen atoms in total. The molecule has 0 aliphatic carbocycles. The van der Waals surface area contributed by atoms with Crippen LogP contribution in [0.5, 0.6) is 0 Å². The van der Waals surface area contributed by atoms with E-state index >= 15 is 0 Å². The van der Waals surface area contributed by atoms with Crippen molar-refractivity contribution in [3.8, 4) is 0 Å². The summed E-state index contributed by atoms with van der Waals surface area (Å²) in [5.41, 5.74) is 3.01. The standard InChI is InChI=1S/C25H35N3/c1-4-10-22(11-5-1)20-28-18-14-25(24(21-28)23-12-6-2-7-13-23)26-15-19-27-16-8-3-9-17-27/h1-2,4-7,10-13,24-26H,3,8-9,14-21H2/p+3/t24-,25-/m0/s1. The van der Waals surface area contributed by atoms with Gasteiger partial charge >= 0.3 is 0 Å². The summed E-state index contributed by atoms with van der Waals surface area (Å²) >= 11 is 0. The average Bonchev–Trinajstić information content (AvgIpc) is 2.77. The molecule has 0 aromatic heterocycles. The van der Waals surface area contributed by atoms with E-state index < -0.39 is 0 Å². The summed E-state index contributed by atoms with van der Waals surface area (Å²) < 4.78 is 0.